The van der Waals surface area contributed by atoms with Crippen molar-refractivity contribution >= 4 is 29.3 Å². The van der Waals surface area contributed by atoms with E-state index in [1.165, 1.54) is 11.8 Å². The molecule has 0 unspecified atom stereocenters. The number of nitrogens with zero attached hydrogens (tertiary/aromatic N) is 6. The molecule has 134 valence electrons. The summed E-state index contributed by atoms with van der Waals surface area (Å²) in [5, 5.41) is 11.6. The maximum Gasteiger partial charge on any atom is 0.277 e. The summed E-state index contributed by atoms with van der Waals surface area (Å²) in [6.45, 7) is 0. The molecule has 9 nitrogen and oxygen atoms in total. The van der Waals surface area contributed by atoms with Gasteiger partial charge in [0.15, 0.2) is 0 Å². The molecule has 0 fully saturated rings. The standard InChI is InChI=1S/C17H14N8OS/c18-15-21-13(22-16(23-15)20-12-4-2-1-3-5-12)10-27-17-25-24-14(26-17)11-6-8-19-9-7-11/h1-9H,10H2,(H3,18,20,21,22,23). The van der Waals surface area contributed by atoms with Gasteiger partial charge in [-0.3, -0.25) is 4.98 Å². The first-order valence-corrected chi connectivity index (χ1v) is 8.94. The van der Waals surface area contributed by atoms with Crippen molar-refractivity contribution in [1.82, 2.24) is 30.1 Å². The molecule has 3 N–H and O–H groups in total. The Bertz CT molecular complexity index is 1030. The third-order valence-corrected chi connectivity index (χ3v) is 4.20. The summed E-state index contributed by atoms with van der Waals surface area (Å²) in [5.74, 6) is 1.87. The van der Waals surface area contributed by atoms with Crippen LogP contribution in [-0.2, 0) is 5.75 Å². The first-order valence-electron chi connectivity index (χ1n) is 7.95. The van der Waals surface area contributed by atoms with Crippen molar-refractivity contribution in [1.29, 1.82) is 0 Å². The number of hydrogen-bond donors (Lipinski definition) is 2. The maximum atomic E-state index is 5.79. The van der Waals surface area contributed by atoms with Crippen LogP contribution in [0.1, 0.15) is 5.82 Å². The predicted molar refractivity (Wildman–Crippen MR) is 101 cm³/mol. The fraction of sp³-hybridized carbons (Fsp3) is 0.0588. The highest BCUT2D eigenvalue weighted by molar-refractivity contribution is 7.98. The van der Waals surface area contributed by atoms with Gasteiger partial charge in [0.1, 0.15) is 5.82 Å². The van der Waals surface area contributed by atoms with E-state index in [9.17, 15) is 0 Å². The molecule has 3 heterocycles. The molecule has 10 heteroatoms. The van der Waals surface area contributed by atoms with Crippen molar-refractivity contribution in [3.63, 3.8) is 0 Å². The van der Waals surface area contributed by atoms with Crippen molar-refractivity contribution in [3.05, 3.63) is 60.7 Å². The van der Waals surface area contributed by atoms with E-state index in [4.69, 9.17) is 10.2 Å². The van der Waals surface area contributed by atoms with Crippen LogP contribution in [0, 0.1) is 0 Å². The number of thioether (sulfide) groups is 1. The first kappa shape index (κ1) is 16.9. The number of anilines is 3. The Morgan fingerprint density at radius 1 is 0.963 bits per heavy atom. The topological polar surface area (TPSA) is 129 Å². The van der Waals surface area contributed by atoms with Gasteiger partial charge in [0.25, 0.3) is 5.22 Å². The monoisotopic (exact) mass is 378 g/mol. The highest BCUT2D eigenvalue weighted by Crippen LogP contribution is 2.25. The van der Waals surface area contributed by atoms with Gasteiger partial charge in [0, 0.05) is 23.6 Å². The van der Waals surface area contributed by atoms with Crippen LogP contribution in [0.2, 0.25) is 0 Å². The molecule has 0 atom stereocenters. The summed E-state index contributed by atoms with van der Waals surface area (Å²) < 4.78 is 5.64. The predicted octanol–water partition coefficient (Wildman–Crippen LogP) is 2.93. The fourth-order valence-electron chi connectivity index (χ4n) is 2.21. The van der Waals surface area contributed by atoms with Crippen LogP contribution >= 0.6 is 11.8 Å². The Kier molecular flexibility index (Phi) is 4.88. The van der Waals surface area contributed by atoms with Crippen LogP contribution in [-0.4, -0.2) is 30.1 Å². The first-order chi connectivity index (χ1) is 13.3. The summed E-state index contributed by atoms with van der Waals surface area (Å²) in [7, 11) is 0. The van der Waals surface area contributed by atoms with E-state index < -0.39 is 0 Å². The van der Waals surface area contributed by atoms with Crippen molar-refractivity contribution in [3.8, 4) is 11.5 Å². The maximum absolute atomic E-state index is 5.79. The lowest BCUT2D eigenvalue weighted by Gasteiger charge is -2.06. The zero-order valence-electron chi connectivity index (χ0n) is 14.0. The Balaban J connectivity index is 1.45. The van der Waals surface area contributed by atoms with Gasteiger partial charge in [-0.05, 0) is 24.3 Å². The number of pyridine rings is 1. The van der Waals surface area contributed by atoms with E-state index in [-0.39, 0.29) is 5.95 Å². The Labute approximate surface area is 158 Å². The Morgan fingerprint density at radius 2 is 1.78 bits per heavy atom. The molecular weight excluding hydrogens is 364 g/mol. The number of aromatic nitrogens is 6. The van der Waals surface area contributed by atoms with Gasteiger partial charge in [0.05, 0.1) is 5.75 Å². The van der Waals surface area contributed by atoms with Crippen LogP contribution in [0.4, 0.5) is 17.6 Å². The molecule has 1 aromatic carbocycles. The van der Waals surface area contributed by atoms with E-state index in [0.29, 0.717) is 28.6 Å². The molecule has 0 aliphatic rings. The molecule has 0 radical (unpaired) electrons. The van der Waals surface area contributed by atoms with Gasteiger partial charge >= 0.3 is 0 Å². The van der Waals surface area contributed by atoms with Crippen LogP contribution < -0.4 is 11.1 Å². The quantitative estimate of drug-likeness (QED) is 0.483. The molecule has 4 aromatic rings. The van der Waals surface area contributed by atoms with Gasteiger partial charge in [-0.25, -0.2) is 0 Å². The summed E-state index contributed by atoms with van der Waals surface area (Å²) in [5.41, 5.74) is 7.46. The zero-order valence-corrected chi connectivity index (χ0v) is 14.8. The molecule has 0 amide bonds. The molecule has 0 spiro atoms. The molecular formula is C17H14N8OS. The Morgan fingerprint density at radius 3 is 2.59 bits per heavy atom. The number of para-hydroxylation sites is 1. The lowest BCUT2D eigenvalue weighted by atomic mass is 10.3. The second kappa shape index (κ2) is 7.79. The minimum Gasteiger partial charge on any atom is -0.411 e. The smallest absolute Gasteiger partial charge is 0.277 e. The summed E-state index contributed by atoms with van der Waals surface area (Å²) in [4.78, 5) is 16.6. The molecule has 0 aliphatic carbocycles. The second-order valence-corrected chi connectivity index (χ2v) is 6.25. The molecule has 0 bridgehead atoms. The van der Waals surface area contributed by atoms with Gasteiger partial charge < -0.3 is 15.5 Å². The number of hydrogen-bond acceptors (Lipinski definition) is 10. The van der Waals surface area contributed by atoms with E-state index in [1.807, 2.05) is 30.3 Å². The van der Waals surface area contributed by atoms with Crippen LogP contribution in [0.5, 0.6) is 0 Å². The molecule has 27 heavy (non-hydrogen) atoms. The summed E-state index contributed by atoms with van der Waals surface area (Å²) in [6, 6.07) is 13.2. The van der Waals surface area contributed by atoms with E-state index in [2.05, 4.69) is 35.5 Å². The van der Waals surface area contributed by atoms with Crippen molar-refractivity contribution in [2.45, 2.75) is 11.0 Å². The molecule has 0 saturated carbocycles. The third-order valence-electron chi connectivity index (χ3n) is 3.39. The van der Waals surface area contributed by atoms with Crippen LogP contribution in [0.15, 0.2) is 64.5 Å². The lowest BCUT2D eigenvalue weighted by molar-refractivity contribution is 0.465. The summed E-state index contributed by atoms with van der Waals surface area (Å²) in [6.07, 6.45) is 3.34. The number of rotatable bonds is 6. The van der Waals surface area contributed by atoms with Crippen LogP contribution in [0.3, 0.4) is 0 Å². The summed E-state index contributed by atoms with van der Waals surface area (Å²) >= 11 is 1.32. The lowest BCUT2D eigenvalue weighted by Crippen LogP contribution is -2.06. The van der Waals surface area contributed by atoms with Crippen molar-refractivity contribution in [2.75, 3.05) is 11.1 Å². The molecule has 4 rings (SSSR count). The van der Waals surface area contributed by atoms with Gasteiger partial charge in [0.2, 0.25) is 17.8 Å². The van der Waals surface area contributed by atoms with Gasteiger partial charge in [-0.15, -0.1) is 10.2 Å². The minimum absolute atomic E-state index is 0.141. The molecule has 0 aliphatic heterocycles. The molecule has 0 saturated heterocycles. The van der Waals surface area contributed by atoms with Crippen molar-refractivity contribution in [2.24, 2.45) is 0 Å². The average Bonchev–Trinajstić information content (AvgIpc) is 3.17. The van der Waals surface area contributed by atoms with E-state index in [0.717, 1.165) is 11.3 Å². The van der Waals surface area contributed by atoms with Crippen molar-refractivity contribution < 1.29 is 4.42 Å². The fourth-order valence-corrected chi connectivity index (χ4v) is 2.83. The number of nitrogen functional groups attached to an aromatic ring is 1. The SMILES string of the molecule is Nc1nc(CSc2nnc(-c3ccncc3)o2)nc(Nc2ccccc2)n1. The van der Waals surface area contributed by atoms with Crippen LogP contribution in [0.25, 0.3) is 11.5 Å². The number of nitrogens with two attached hydrogens (primary N) is 1. The van der Waals surface area contributed by atoms with Gasteiger partial charge in [-0.2, -0.15) is 15.0 Å². The normalized spacial score (nSPS) is 10.7. The minimum atomic E-state index is 0.141. The van der Waals surface area contributed by atoms with E-state index in [1.54, 1.807) is 24.5 Å². The number of benzene rings is 1. The highest BCUT2D eigenvalue weighted by Gasteiger charge is 2.11. The highest BCUT2D eigenvalue weighted by atomic mass is 32.2. The van der Waals surface area contributed by atoms with E-state index >= 15 is 0 Å². The van der Waals surface area contributed by atoms with Gasteiger partial charge in [-0.1, -0.05) is 30.0 Å². The third kappa shape index (κ3) is 4.36. The largest absolute Gasteiger partial charge is 0.411 e. The Hall–Kier alpha value is -3.53. The molecule has 3 aromatic heterocycles. The average molecular weight is 378 g/mol. The zero-order chi connectivity index (χ0) is 18.5. The second-order valence-electron chi connectivity index (χ2n) is 5.32. The number of nitrogens with one attached hydrogen (secondary N) is 1.